The first kappa shape index (κ1) is 32.5. The second kappa shape index (κ2) is 12.8. The number of halogens is 3. The van der Waals surface area contributed by atoms with Crippen LogP contribution in [0, 0.1) is 6.92 Å². The van der Waals surface area contributed by atoms with Gasteiger partial charge in [0, 0.05) is 35.0 Å². The fourth-order valence-corrected chi connectivity index (χ4v) is 5.24. The monoisotopic (exact) mass is 634 g/mol. The van der Waals surface area contributed by atoms with E-state index in [1.54, 1.807) is 33.0 Å². The van der Waals surface area contributed by atoms with Crippen molar-refractivity contribution in [2.45, 2.75) is 59.1 Å². The molecule has 0 spiro atoms. The Morgan fingerprint density at radius 1 is 1.02 bits per heavy atom. The van der Waals surface area contributed by atoms with Gasteiger partial charge in [0.25, 0.3) is 0 Å². The summed E-state index contributed by atoms with van der Waals surface area (Å²) in [4.78, 5) is 21.3. The highest BCUT2D eigenvalue weighted by atomic mass is 19.4. The zero-order chi connectivity index (χ0) is 33.2. The molecule has 0 aliphatic carbocycles. The number of aromatic nitrogens is 2. The second-order valence-electron chi connectivity index (χ2n) is 11.9. The minimum absolute atomic E-state index is 0.0759. The van der Waals surface area contributed by atoms with Gasteiger partial charge >= 0.3 is 12.3 Å². The van der Waals surface area contributed by atoms with E-state index in [-0.39, 0.29) is 18.8 Å². The van der Waals surface area contributed by atoms with E-state index in [1.807, 2.05) is 37.3 Å². The molecule has 240 valence electrons. The minimum Gasteiger partial charge on any atom is -0.493 e. The molecule has 3 aromatic carbocycles. The summed E-state index contributed by atoms with van der Waals surface area (Å²) in [6.45, 7) is 7.74. The number of hydrogen-bond acceptors (Lipinski definition) is 7. The summed E-state index contributed by atoms with van der Waals surface area (Å²) >= 11 is 0. The van der Waals surface area contributed by atoms with E-state index in [9.17, 15) is 23.1 Å². The third-order valence-corrected chi connectivity index (χ3v) is 7.01. The van der Waals surface area contributed by atoms with Crippen molar-refractivity contribution in [2.24, 2.45) is 0 Å². The largest absolute Gasteiger partial charge is 0.573 e. The summed E-state index contributed by atoms with van der Waals surface area (Å²) in [7, 11) is 0. The Morgan fingerprint density at radius 3 is 2.41 bits per heavy atom. The Kier molecular flexibility index (Phi) is 9.07. The molecule has 2 aromatic heterocycles. The second-order valence-corrected chi connectivity index (χ2v) is 11.9. The first-order valence-electron chi connectivity index (χ1n) is 14.5. The van der Waals surface area contributed by atoms with Crippen molar-refractivity contribution in [3.63, 3.8) is 0 Å². The molecule has 8 nitrogen and oxygen atoms in total. The number of aliphatic carboxylic acids is 1. The molecule has 0 unspecified atom stereocenters. The summed E-state index contributed by atoms with van der Waals surface area (Å²) < 4.78 is 52.9. The topological polar surface area (TPSA) is 111 Å². The predicted molar refractivity (Wildman–Crippen MR) is 167 cm³/mol. The van der Waals surface area contributed by atoms with Gasteiger partial charge in [-0.2, -0.15) is 0 Å². The summed E-state index contributed by atoms with van der Waals surface area (Å²) in [6.07, 6.45) is -2.42. The Hall–Kier alpha value is -4.90. The predicted octanol–water partition coefficient (Wildman–Crippen LogP) is 7.58. The van der Waals surface area contributed by atoms with E-state index in [2.05, 4.69) is 14.7 Å². The summed E-state index contributed by atoms with van der Waals surface area (Å²) in [5.41, 5.74) is 5.55. The van der Waals surface area contributed by atoms with Gasteiger partial charge in [-0.25, -0.2) is 4.98 Å². The van der Waals surface area contributed by atoms with Gasteiger partial charge in [-0.3, -0.25) is 9.78 Å². The molecule has 6 rings (SSSR count). The Morgan fingerprint density at radius 2 is 1.74 bits per heavy atom. The highest BCUT2D eigenvalue weighted by Crippen LogP contribution is 2.42. The van der Waals surface area contributed by atoms with Gasteiger partial charge in [-0.15, -0.1) is 13.2 Å². The van der Waals surface area contributed by atoms with Crippen molar-refractivity contribution in [1.82, 2.24) is 9.97 Å². The van der Waals surface area contributed by atoms with E-state index < -0.39 is 17.9 Å². The number of nitrogens with zero attached hydrogens (tertiary/aromatic N) is 2. The Bertz CT molecular complexity index is 1880. The molecule has 2 N–H and O–H groups in total. The number of alkyl halides is 3. The molecule has 0 saturated heterocycles. The van der Waals surface area contributed by atoms with Crippen LogP contribution in [0.4, 0.5) is 13.2 Å². The maximum absolute atomic E-state index is 12.4. The maximum atomic E-state index is 12.4. The molecule has 1 aliphatic heterocycles. The molecule has 0 atom stereocenters. The molecule has 3 heterocycles. The number of hydrogen-bond donors (Lipinski definition) is 2. The first-order valence-corrected chi connectivity index (χ1v) is 14.5. The maximum Gasteiger partial charge on any atom is 0.573 e. The normalized spacial score (nSPS) is 12.7. The summed E-state index contributed by atoms with van der Waals surface area (Å²) in [6, 6.07) is 16.6. The van der Waals surface area contributed by atoms with E-state index in [0.717, 1.165) is 50.7 Å². The van der Waals surface area contributed by atoms with Gasteiger partial charge in [0.1, 0.15) is 18.1 Å². The Labute approximate surface area is 263 Å². The Balaban J connectivity index is 0.000000775. The van der Waals surface area contributed by atoms with Gasteiger partial charge in [-0.05, 0) is 98.0 Å². The molecule has 0 amide bonds. The lowest BCUT2D eigenvalue weighted by atomic mass is 9.88. The number of ether oxygens (including phenoxy) is 3. The molecule has 46 heavy (non-hydrogen) atoms. The van der Waals surface area contributed by atoms with Gasteiger partial charge < -0.3 is 24.4 Å². The zero-order valence-electron chi connectivity index (χ0n) is 25.7. The lowest BCUT2D eigenvalue weighted by molar-refractivity contribution is -0.274. The van der Waals surface area contributed by atoms with Crippen molar-refractivity contribution in [1.29, 1.82) is 0 Å². The van der Waals surface area contributed by atoms with E-state index in [1.165, 1.54) is 24.3 Å². The number of aliphatic hydroxyl groups is 1. The lowest BCUT2D eigenvalue weighted by Gasteiger charge is -2.21. The van der Waals surface area contributed by atoms with Crippen LogP contribution in [-0.4, -0.2) is 44.7 Å². The van der Waals surface area contributed by atoms with Crippen LogP contribution < -0.4 is 14.2 Å². The fraction of sp³-hybridized carbons (Fsp3) is 0.286. The van der Waals surface area contributed by atoms with Crippen molar-refractivity contribution >= 4 is 27.8 Å². The molecule has 0 radical (unpaired) electrons. The summed E-state index contributed by atoms with van der Waals surface area (Å²) in [5.74, 6) is -0.202. The fourth-order valence-electron chi connectivity index (χ4n) is 5.24. The van der Waals surface area contributed by atoms with Crippen molar-refractivity contribution in [3.8, 4) is 28.5 Å². The van der Waals surface area contributed by atoms with E-state index >= 15 is 0 Å². The van der Waals surface area contributed by atoms with Gasteiger partial charge in [0.05, 0.1) is 29.7 Å². The lowest BCUT2D eigenvalue weighted by Crippen LogP contribution is -2.17. The smallest absolute Gasteiger partial charge is 0.493 e. The van der Waals surface area contributed by atoms with Crippen LogP contribution in [0.3, 0.4) is 0 Å². The molecule has 1 aliphatic rings. The number of benzene rings is 3. The van der Waals surface area contributed by atoms with Crippen molar-refractivity contribution in [3.05, 3.63) is 89.1 Å². The zero-order valence-corrected chi connectivity index (χ0v) is 25.7. The molecule has 11 heteroatoms. The number of aryl methyl sites for hydroxylation is 1. The van der Waals surface area contributed by atoms with Crippen LogP contribution in [0.5, 0.6) is 17.4 Å². The highest BCUT2D eigenvalue weighted by molar-refractivity contribution is 6.07. The molecule has 0 fully saturated rings. The van der Waals surface area contributed by atoms with Crippen LogP contribution in [0.1, 0.15) is 43.0 Å². The summed E-state index contributed by atoms with van der Waals surface area (Å²) in [5, 5.41) is 19.9. The number of pyridine rings is 2. The van der Waals surface area contributed by atoms with Gasteiger partial charge in [0.15, 0.2) is 0 Å². The standard InChI is InChI=1S/C31H23F3N2O5.C4H10O/c1-17-14-24-21(7-9-26(36-24)40-16-18-2-4-20(5-3-18)41-31(32,33)34)29(23(17)15-27(37)38)22-6-8-25-28-19(11-13-39-25)10-12-35-30(22)28;1-4(2,3)5/h2-10,12,14H,11,13,15-16H2,1H3,(H,37,38);5H,1-3H3. The molecular formula is C35H33F3N2O6. The number of carboxylic acids is 1. The number of rotatable bonds is 7. The van der Waals surface area contributed by atoms with Crippen LogP contribution >= 0.6 is 0 Å². The number of fused-ring (bicyclic) bond motifs is 1. The quantitative estimate of drug-likeness (QED) is 0.189. The van der Waals surface area contributed by atoms with E-state index in [4.69, 9.17) is 14.6 Å². The van der Waals surface area contributed by atoms with E-state index in [0.29, 0.717) is 29.1 Å². The average Bonchev–Trinajstić information content (AvgIpc) is 2.96. The van der Waals surface area contributed by atoms with Crippen molar-refractivity contribution in [2.75, 3.05) is 6.61 Å². The number of carbonyl (C=O) groups is 1. The SMILES string of the molecule is CC(C)(C)O.Cc1cc2nc(OCc3ccc(OC(F)(F)F)cc3)ccc2c(-c2ccc3c4c(ccnc24)CCO3)c1CC(=O)O. The molecule has 0 saturated carbocycles. The van der Waals surface area contributed by atoms with Crippen LogP contribution in [0.15, 0.2) is 66.9 Å². The van der Waals surface area contributed by atoms with Crippen LogP contribution in [0.2, 0.25) is 0 Å². The van der Waals surface area contributed by atoms with Crippen LogP contribution in [0.25, 0.3) is 32.9 Å². The van der Waals surface area contributed by atoms with Crippen LogP contribution in [-0.2, 0) is 24.2 Å². The first-order chi connectivity index (χ1) is 21.7. The molecular weight excluding hydrogens is 601 g/mol. The van der Waals surface area contributed by atoms with Gasteiger partial charge in [-0.1, -0.05) is 12.1 Å². The van der Waals surface area contributed by atoms with Gasteiger partial charge in [0.2, 0.25) is 5.88 Å². The highest BCUT2D eigenvalue weighted by Gasteiger charge is 2.31. The molecule has 5 aromatic rings. The average molecular weight is 635 g/mol. The third-order valence-electron chi connectivity index (χ3n) is 7.01. The van der Waals surface area contributed by atoms with Crippen molar-refractivity contribution < 1.29 is 42.4 Å². The minimum atomic E-state index is -4.76. The third kappa shape index (κ3) is 7.84. The number of carboxylic acid groups (broad SMARTS) is 1. The molecule has 0 bridgehead atoms.